The lowest BCUT2D eigenvalue weighted by Gasteiger charge is -2.07. The van der Waals surface area contributed by atoms with Crippen LogP contribution in [-0.2, 0) is 0 Å². The summed E-state index contributed by atoms with van der Waals surface area (Å²) in [7, 11) is 4.82. The van der Waals surface area contributed by atoms with Gasteiger partial charge in [0.05, 0.1) is 33.5 Å². The third-order valence-electron chi connectivity index (χ3n) is 3.68. The number of benzene rings is 2. The molecule has 8 heteroatoms. The van der Waals surface area contributed by atoms with Crippen molar-refractivity contribution in [2.24, 2.45) is 0 Å². The predicted octanol–water partition coefficient (Wildman–Crippen LogP) is 3.93. The van der Waals surface area contributed by atoms with Crippen molar-refractivity contribution in [3.05, 3.63) is 42.5 Å². The van der Waals surface area contributed by atoms with Crippen molar-refractivity contribution >= 4 is 11.8 Å². The Kier molecular flexibility index (Phi) is 6.43. The molecule has 0 amide bonds. The van der Waals surface area contributed by atoms with Gasteiger partial charge in [0.2, 0.25) is 0 Å². The Balaban J connectivity index is 1.55. The van der Waals surface area contributed by atoms with Crippen LogP contribution in [0.25, 0.3) is 11.5 Å². The highest BCUT2D eigenvalue weighted by Crippen LogP contribution is 2.33. The van der Waals surface area contributed by atoms with Crippen molar-refractivity contribution in [2.45, 2.75) is 5.22 Å². The molecule has 0 bridgehead atoms. The zero-order chi connectivity index (χ0) is 19.1. The van der Waals surface area contributed by atoms with Crippen LogP contribution in [-0.4, -0.2) is 43.9 Å². The van der Waals surface area contributed by atoms with E-state index < -0.39 is 0 Å². The Morgan fingerprint density at radius 1 is 0.852 bits per heavy atom. The summed E-state index contributed by atoms with van der Waals surface area (Å²) in [6.45, 7) is 0.514. The molecule has 0 N–H and O–H groups in total. The van der Waals surface area contributed by atoms with E-state index in [0.717, 1.165) is 11.5 Å². The Labute approximate surface area is 161 Å². The molecule has 2 aromatic carbocycles. The van der Waals surface area contributed by atoms with Crippen LogP contribution in [0.2, 0.25) is 0 Å². The van der Waals surface area contributed by atoms with Gasteiger partial charge >= 0.3 is 0 Å². The van der Waals surface area contributed by atoms with E-state index in [0.29, 0.717) is 40.5 Å². The van der Waals surface area contributed by atoms with Crippen molar-refractivity contribution in [1.82, 2.24) is 10.2 Å². The van der Waals surface area contributed by atoms with Crippen LogP contribution in [0, 0.1) is 0 Å². The van der Waals surface area contributed by atoms with Gasteiger partial charge in [0.15, 0.2) is 0 Å². The van der Waals surface area contributed by atoms with Gasteiger partial charge in [-0.2, -0.15) is 0 Å². The maximum Gasteiger partial charge on any atom is 0.276 e. The van der Waals surface area contributed by atoms with Gasteiger partial charge in [-0.15, -0.1) is 10.2 Å². The number of aromatic nitrogens is 2. The SMILES string of the molecule is COc1ccc(OCCSc2nnc(-c3ccc(OC)cc3OC)o2)cc1. The molecule has 7 nitrogen and oxygen atoms in total. The van der Waals surface area contributed by atoms with Crippen molar-refractivity contribution < 1.29 is 23.4 Å². The van der Waals surface area contributed by atoms with Crippen LogP contribution in [0.5, 0.6) is 23.0 Å². The van der Waals surface area contributed by atoms with E-state index >= 15 is 0 Å². The summed E-state index contributed by atoms with van der Waals surface area (Å²) >= 11 is 1.43. The van der Waals surface area contributed by atoms with Gasteiger partial charge in [0.1, 0.15) is 23.0 Å². The topological polar surface area (TPSA) is 75.8 Å². The van der Waals surface area contributed by atoms with Crippen LogP contribution in [0.15, 0.2) is 52.1 Å². The normalized spacial score (nSPS) is 10.5. The average Bonchev–Trinajstić information content (AvgIpc) is 3.19. The number of hydrogen-bond donors (Lipinski definition) is 0. The molecule has 0 aliphatic rings. The van der Waals surface area contributed by atoms with Gasteiger partial charge in [-0.25, -0.2) is 0 Å². The largest absolute Gasteiger partial charge is 0.497 e. The van der Waals surface area contributed by atoms with E-state index in [2.05, 4.69) is 10.2 Å². The van der Waals surface area contributed by atoms with Crippen LogP contribution in [0.3, 0.4) is 0 Å². The molecule has 1 heterocycles. The second-order valence-corrected chi connectivity index (χ2v) is 6.36. The highest BCUT2D eigenvalue weighted by molar-refractivity contribution is 7.99. The van der Waals surface area contributed by atoms with E-state index in [1.54, 1.807) is 27.4 Å². The van der Waals surface area contributed by atoms with Crippen molar-refractivity contribution in [3.63, 3.8) is 0 Å². The summed E-state index contributed by atoms with van der Waals surface area (Å²) in [6.07, 6.45) is 0. The minimum Gasteiger partial charge on any atom is -0.497 e. The lowest BCUT2D eigenvalue weighted by atomic mass is 10.2. The molecule has 0 aliphatic heterocycles. The summed E-state index contributed by atoms with van der Waals surface area (Å²) in [5, 5.41) is 8.63. The Morgan fingerprint density at radius 2 is 1.56 bits per heavy atom. The maximum absolute atomic E-state index is 5.72. The lowest BCUT2D eigenvalue weighted by molar-refractivity contribution is 0.342. The first-order valence-corrected chi connectivity index (χ1v) is 9.17. The number of rotatable bonds is 9. The van der Waals surface area contributed by atoms with Crippen LogP contribution in [0.1, 0.15) is 0 Å². The van der Waals surface area contributed by atoms with Gasteiger partial charge in [-0.3, -0.25) is 0 Å². The zero-order valence-electron chi connectivity index (χ0n) is 15.3. The fourth-order valence-corrected chi connectivity index (χ4v) is 2.89. The van der Waals surface area contributed by atoms with Gasteiger partial charge in [0.25, 0.3) is 11.1 Å². The van der Waals surface area contributed by atoms with Crippen LogP contribution in [0.4, 0.5) is 0 Å². The van der Waals surface area contributed by atoms with Crippen molar-refractivity contribution in [2.75, 3.05) is 33.7 Å². The predicted molar refractivity (Wildman–Crippen MR) is 102 cm³/mol. The second kappa shape index (κ2) is 9.18. The minimum absolute atomic E-state index is 0.396. The maximum atomic E-state index is 5.72. The fourth-order valence-electron chi connectivity index (χ4n) is 2.31. The molecular formula is C19H20N2O5S. The van der Waals surface area contributed by atoms with Crippen molar-refractivity contribution in [3.8, 4) is 34.5 Å². The molecule has 3 rings (SSSR count). The first-order chi connectivity index (χ1) is 13.2. The smallest absolute Gasteiger partial charge is 0.276 e. The summed E-state index contributed by atoms with van der Waals surface area (Å²) in [5.41, 5.74) is 0.715. The highest BCUT2D eigenvalue weighted by atomic mass is 32.2. The van der Waals surface area contributed by atoms with E-state index in [9.17, 15) is 0 Å². The standard InChI is InChI=1S/C19H20N2O5S/c1-22-13-4-6-14(7-5-13)25-10-11-27-19-21-20-18(26-19)16-9-8-15(23-2)12-17(16)24-3/h4-9,12H,10-11H2,1-3H3. The third-order valence-corrected chi connectivity index (χ3v) is 4.47. The van der Waals surface area contributed by atoms with Gasteiger partial charge in [-0.05, 0) is 36.4 Å². The molecule has 1 aromatic heterocycles. The molecule has 0 aliphatic carbocycles. The molecule has 3 aromatic rings. The fraction of sp³-hybridized carbons (Fsp3) is 0.263. The Hall–Kier alpha value is -2.87. The monoisotopic (exact) mass is 388 g/mol. The number of nitrogens with zero attached hydrogens (tertiary/aromatic N) is 2. The molecule has 0 unspecified atom stereocenters. The van der Waals surface area contributed by atoms with E-state index in [4.69, 9.17) is 23.4 Å². The number of thioether (sulfide) groups is 1. The Bertz CT molecular complexity index is 867. The summed E-state index contributed by atoms with van der Waals surface area (Å²) in [4.78, 5) is 0. The van der Waals surface area contributed by atoms with Crippen molar-refractivity contribution in [1.29, 1.82) is 0 Å². The summed E-state index contributed by atoms with van der Waals surface area (Å²) in [5.74, 6) is 3.95. The summed E-state index contributed by atoms with van der Waals surface area (Å²) < 4.78 is 27.1. The molecule has 0 saturated heterocycles. The summed E-state index contributed by atoms with van der Waals surface area (Å²) in [6, 6.07) is 12.9. The molecule has 0 saturated carbocycles. The number of hydrogen-bond acceptors (Lipinski definition) is 8. The average molecular weight is 388 g/mol. The zero-order valence-corrected chi connectivity index (χ0v) is 16.1. The van der Waals surface area contributed by atoms with Gasteiger partial charge in [-0.1, -0.05) is 11.8 Å². The van der Waals surface area contributed by atoms with Crippen LogP contribution < -0.4 is 18.9 Å². The second-order valence-electron chi connectivity index (χ2n) is 5.31. The lowest BCUT2D eigenvalue weighted by Crippen LogP contribution is -1.99. The minimum atomic E-state index is 0.396. The number of methoxy groups -OCH3 is 3. The van der Waals surface area contributed by atoms with Crippen LogP contribution >= 0.6 is 11.8 Å². The van der Waals surface area contributed by atoms with E-state index in [1.165, 1.54) is 11.8 Å². The molecule has 0 spiro atoms. The molecule has 0 fully saturated rings. The van der Waals surface area contributed by atoms with E-state index in [1.807, 2.05) is 36.4 Å². The third kappa shape index (κ3) is 4.85. The molecule has 0 atom stereocenters. The molecule has 0 radical (unpaired) electrons. The molecular weight excluding hydrogens is 368 g/mol. The Morgan fingerprint density at radius 3 is 2.26 bits per heavy atom. The molecule has 142 valence electrons. The first-order valence-electron chi connectivity index (χ1n) is 8.19. The number of ether oxygens (including phenoxy) is 4. The molecule has 27 heavy (non-hydrogen) atoms. The van der Waals surface area contributed by atoms with Gasteiger partial charge in [0, 0.05) is 11.8 Å². The highest BCUT2D eigenvalue weighted by Gasteiger charge is 2.14. The quantitative estimate of drug-likeness (QED) is 0.403. The van der Waals surface area contributed by atoms with Gasteiger partial charge < -0.3 is 23.4 Å². The van der Waals surface area contributed by atoms with E-state index in [-0.39, 0.29) is 0 Å². The first kappa shape index (κ1) is 18.9.